The van der Waals surface area contributed by atoms with Gasteiger partial charge in [-0.2, -0.15) is 0 Å². The molecule has 2 aliphatic rings. The topological polar surface area (TPSA) is 24.5 Å². The van der Waals surface area contributed by atoms with Crippen molar-refractivity contribution < 1.29 is 4.74 Å². The van der Waals surface area contributed by atoms with E-state index < -0.39 is 0 Å². The van der Waals surface area contributed by atoms with Gasteiger partial charge in [0.05, 0.1) is 4.90 Å². The van der Waals surface area contributed by atoms with Crippen LogP contribution in [0.25, 0.3) is 0 Å². The third-order valence-electron chi connectivity index (χ3n) is 3.34. The SMILES string of the molecule is CC1(C)Oc2cc(CN3CCNCC3)ccc2S1. The molecule has 0 bridgehead atoms. The van der Waals surface area contributed by atoms with Gasteiger partial charge in [-0.1, -0.05) is 17.8 Å². The van der Waals surface area contributed by atoms with E-state index in [1.165, 1.54) is 10.5 Å². The van der Waals surface area contributed by atoms with E-state index in [-0.39, 0.29) is 4.93 Å². The number of nitrogens with zero attached hydrogens (tertiary/aromatic N) is 1. The van der Waals surface area contributed by atoms with Crippen LogP contribution in [0.5, 0.6) is 5.75 Å². The Kier molecular flexibility index (Phi) is 3.26. The molecule has 2 heterocycles. The molecule has 2 aliphatic heterocycles. The molecule has 0 aromatic heterocycles. The zero-order valence-electron chi connectivity index (χ0n) is 11.0. The van der Waals surface area contributed by atoms with Gasteiger partial charge in [0, 0.05) is 32.7 Å². The molecule has 98 valence electrons. The maximum absolute atomic E-state index is 5.96. The molecule has 1 fully saturated rings. The van der Waals surface area contributed by atoms with Crippen molar-refractivity contribution in [3.05, 3.63) is 23.8 Å². The van der Waals surface area contributed by atoms with E-state index in [0.717, 1.165) is 38.5 Å². The van der Waals surface area contributed by atoms with E-state index in [0.29, 0.717) is 0 Å². The van der Waals surface area contributed by atoms with Crippen molar-refractivity contribution in [1.29, 1.82) is 0 Å². The highest BCUT2D eigenvalue weighted by atomic mass is 32.2. The van der Waals surface area contributed by atoms with Crippen LogP contribution in [-0.2, 0) is 6.54 Å². The summed E-state index contributed by atoms with van der Waals surface area (Å²) in [6.45, 7) is 9.75. The number of rotatable bonds is 2. The number of hydrogen-bond acceptors (Lipinski definition) is 4. The Labute approximate surface area is 113 Å². The van der Waals surface area contributed by atoms with Crippen molar-refractivity contribution in [1.82, 2.24) is 10.2 Å². The van der Waals surface area contributed by atoms with E-state index in [1.54, 1.807) is 11.8 Å². The summed E-state index contributed by atoms with van der Waals surface area (Å²) in [5.74, 6) is 1.05. The Bertz CT molecular complexity index is 441. The van der Waals surface area contributed by atoms with Crippen LogP contribution < -0.4 is 10.1 Å². The van der Waals surface area contributed by atoms with Crippen LogP contribution in [0, 0.1) is 0 Å². The molecule has 1 aromatic carbocycles. The number of thioether (sulfide) groups is 1. The number of hydrogen-bond donors (Lipinski definition) is 1. The van der Waals surface area contributed by atoms with Crippen LogP contribution in [-0.4, -0.2) is 36.0 Å². The van der Waals surface area contributed by atoms with Crippen molar-refractivity contribution in [2.45, 2.75) is 30.2 Å². The third kappa shape index (κ3) is 2.66. The molecule has 18 heavy (non-hydrogen) atoms. The second kappa shape index (κ2) is 4.76. The van der Waals surface area contributed by atoms with Gasteiger partial charge >= 0.3 is 0 Å². The van der Waals surface area contributed by atoms with Crippen LogP contribution in [0.1, 0.15) is 19.4 Å². The first-order valence-corrected chi connectivity index (χ1v) is 7.38. The summed E-state index contributed by atoms with van der Waals surface area (Å²) in [6.07, 6.45) is 0. The smallest absolute Gasteiger partial charge is 0.153 e. The second-order valence-corrected chi connectivity index (χ2v) is 7.04. The molecular formula is C14H20N2OS. The fourth-order valence-electron chi connectivity index (χ4n) is 2.49. The van der Waals surface area contributed by atoms with Gasteiger partial charge in [-0.15, -0.1) is 0 Å². The Morgan fingerprint density at radius 2 is 2.11 bits per heavy atom. The van der Waals surface area contributed by atoms with E-state index >= 15 is 0 Å². The molecule has 0 spiro atoms. The van der Waals surface area contributed by atoms with Crippen molar-refractivity contribution in [3.8, 4) is 5.75 Å². The number of fused-ring (bicyclic) bond motifs is 1. The van der Waals surface area contributed by atoms with Crippen LogP contribution in [0.3, 0.4) is 0 Å². The highest BCUT2D eigenvalue weighted by molar-refractivity contribution is 8.00. The average molecular weight is 264 g/mol. The van der Waals surface area contributed by atoms with E-state index in [1.807, 2.05) is 0 Å². The standard InChI is InChI=1S/C14H20N2OS/c1-14(2)17-12-9-11(3-4-13(12)18-14)10-16-7-5-15-6-8-16/h3-4,9,15H,5-8,10H2,1-2H3. The highest BCUT2D eigenvalue weighted by Gasteiger charge is 2.31. The minimum absolute atomic E-state index is 0.115. The summed E-state index contributed by atoms with van der Waals surface area (Å²) in [7, 11) is 0. The lowest BCUT2D eigenvalue weighted by Gasteiger charge is -2.27. The quantitative estimate of drug-likeness (QED) is 0.886. The van der Waals surface area contributed by atoms with Gasteiger partial charge in [0.25, 0.3) is 0 Å². The molecule has 0 aliphatic carbocycles. The van der Waals surface area contributed by atoms with Crippen molar-refractivity contribution in [3.63, 3.8) is 0 Å². The van der Waals surface area contributed by atoms with Crippen molar-refractivity contribution >= 4 is 11.8 Å². The number of ether oxygens (including phenoxy) is 1. The summed E-state index contributed by atoms with van der Waals surface area (Å²) in [4.78, 5) is 3.64. The molecule has 0 saturated carbocycles. The van der Waals surface area contributed by atoms with Crippen LogP contribution in [0.15, 0.2) is 23.1 Å². The molecule has 0 radical (unpaired) electrons. The first-order valence-electron chi connectivity index (χ1n) is 6.56. The Balaban J connectivity index is 1.71. The fourth-order valence-corrected chi connectivity index (χ4v) is 3.49. The summed E-state index contributed by atoms with van der Waals surface area (Å²) >= 11 is 1.80. The molecule has 0 amide bonds. The zero-order valence-corrected chi connectivity index (χ0v) is 11.8. The predicted octanol–water partition coefficient (Wildman–Crippen LogP) is 2.31. The minimum Gasteiger partial charge on any atom is -0.476 e. The van der Waals surface area contributed by atoms with Gasteiger partial charge in [0.1, 0.15) is 5.75 Å². The molecule has 1 N–H and O–H groups in total. The van der Waals surface area contributed by atoms with Gasteiger partial charge in [-0.3, -0.25) is 4.90 Å². The van der Waals surface area contributed by atoms with Gasteiger partial charge in [0.2, 0.25) is 0 Å². The number of piperazine rings is 1. The highest BCUT2D eigenvalue weighted by Crippen LogP contribution is 2.47. The molecule has 0 atom stereocenters. The first-order chi connectivity index (χ1) is 8.62. The average Bonchev–Trinajstić information content (AvgIpc) is 2.63. The first kappa shape index (κ1) is 12.3. The molecule has 1 saturated heterocycles. The number of nitrogens with one attached hydrogen (secondary N) is 1. The summed E-state index contributed by atoms with van der Waals surface area (Å²) < 4.78 is 5.96. The van der Waals surface area contributed by atoms with E-state index in [9.17, 15) is 0 Å². The van der Waals surface area contributed by atoms with Crippen LogP contribution in [0.2, 0.25) is 0 Å². The normalized spacial score (nSPS) is 22.6. The van der Waals surface area contributed by atoms with E-state index in [2.05, 4.69) is 42.3 Å². The van der Waals surface area contributed by atoms with Crippen molar-refractivity contribution in [2.75, 3.05) is 26.2 Å². The monoisotopic (exact) mass is 264 g/mol. The summed E-state index contributed by atoms with van der Waals surface area (Å²) in [5.41, 5.74) is 1.36. The third-order valence-corrected chi connectivity index (χ3v) is 4.47. The second-order valence-electron chi connectivity index (χ2n) is 5.41. The Morgan fingerprint density at radius 3 is 2.89 bits per heavy atom. The predicted molar refractivity (Wildman–Crippen MR) is 75.2 cm³/mol. The molecule has 3 nitrogen and oxygen atoms in total. The van der Waals surface area contributed by atoms with Crippen LogP contribution in [0.4, 0.5) is 0 Å². The Hall–Kier alpha value is -0.710. The van der Waals surface area contributed by atoms with Gasteiger partial charge in [-0.05, 0) is 31.5 Å². The maximum atomic E-state index is 5.96. The minimum atomic E-state index is -0.115. The lowest BCUT2D eigenvalue weighted by Crippen LogP contribution is -2.42. The fraction of sp³-hybridized carbons (Fsp3) is 0.571. The Morgan fingerprint density at radius 1 is 1.33 bits per heavy atom. The summed E-state index contributed by atoms with van der Waals surface area (Å²) in [5, 5.41) is 3.38. The molecule has 0 unspecified atom stereocenters. The van der Waals surface area contributed by atoms with Gasteiger partial charge in [-0.25, -0.2) is 0 Å². The van der Waals surface area contributed by atoms with Crippen LogP contribution >= 0.6 is 11.8 Å². The maximum Gasteiger partial charge on any atom is 0.153 e. The zero-order chi connectivity index (χ0) is 12.6. The number of benzene rings is 1. The van der Waals surface area contributed by atoms with Gasteiger partial charge in [0.15, 0.2) is 4.93 Å². The lowest BCUT2D eigenvalue weighted by atomic mass is 10.2. The molecule has 3 rings (SSSR count). The molecule has 4 heteroatoms. The van der Waals surface area contributed by atoms with Crippen molar-refractivity contribution in [2.24, 2.45) is 0 Å². The van der Waals surface area contributed by atoms with Gasteiger partial charge < -0.3 is 10.1 Å². The molecular weight excluding hydrogens is 244 g/mol. The van der Waals surface area contributed by atoms with E-state index in [4.69, 9.17) is 4.74 Å². The largest absolute Gasteiger partial charge is 0.476 e. The lowest BCUT2D eigenvalue weighted by molar-refractivity contribution is 0.213. The summed E-state index contributed by atoms with van der Waals surface area (Å²) in [6, 6.07) is 6.64. The molecule has 1 aromatic rings.